The molecule has 16 heavy (non-hydrogen) atoms. The highest BCUT2D eigenvalue weighted by Gasteiger charge is 2.02. The molecule has 0 N–H and O–H groups in total. The summed E-state index contributed by atoms with van der Waals surface area (Å²) in [5.74, 6) is 0. The van der Waals surface area contributed by atoms with Gasteiger partial charge in [-0.1, -0.05) is 17.7 Å². The molecule has 0 aliphatic heterocycles. The van der Waals surface area contributed by atoms with Gasteiger partial charge in [-0.15, -0.1) is 0 Å². The van der Waals surface area contributed by atoms with Crippen LogP contribution in [0.15, 0.2) is 35.2 Å². The SMILES string of the molecule is CN(Cc1ccc(Cl)nc1)Cc1ccsc1. The first-order valence-corrected chi connectivity index (χ1v) is 6.36. The van der Waals surface area contributed by atoms with Crippen molar-refractivity contribution in [3.63, 3.8) is 0 Å². The molecule has 0 spiro atoms. The van der Waals surface area contributed by atoms with E-state index >= 15 is 0 Å². The van der Waals surface area contributed by atoms with Crippen molar-refractivity contribution >= 4 is 22.9 Å². The van der Waals surface area contributed by atoms with Crippen LogP contribution in [0, 0.1) is 0 Å². The Morgan fingerprint density at radius 1 is 1.25 bits per heavy atom. The highest BCUT2D eigenvalue weighted by atomic mass is 35.5. The number of halogens is 1. The first-order valence-electron chi connectivity index (χ1n) is 5.04. The molecule has 0 bridgehead atoms. The molecule has 0 saturated heterocycles. The molecular formula is C12H13ClN2S. The smallest absolute Gasteiger partial charge is 0.129 e. The highest BCUT2D eigenvalue weighted by Crippen LogP contribution is 2.11. The van der Waals surface area contributed by atoms with Gasteiger partial charge in [0.1, 0.15) is 5.15 Å². The Balaban J connectivity index is 1.92. The summed E-state index contributed by atoms with van der Waals surface area (Å²) in [7, 11) is 2.10. The Labute approximate surface area is 105 Å². The maximum atomic E-state index is 5.74. The minimum absolute atomic E-state index is 0.546. The molecule has 2 aromatic heterocycles. The molecule has 0 aromatic carbocycles. The number of thiophene rings is 1. The lowest BCUT2D eigenvalue weighted by atomic mass is 10.2. The Kier molecular flexibility index (Phi) is 3.93. The standard InChI is InChI=1S/C12H13ClN2S/c1-15(8-11-4-5-16-9-11)7-10-2-3-12(13)14-6-10/h2-6,9H,7-8H2,1H3. The molecule has 84 valence electrons. The molecule has 0 unspecified atom stereocenters. The van der Waals surface area contributed by atoms with Crippen LogP contribution in [0.25, 0.3) is 0 Å². The van der Waals surface area contributed by atoms with Crippen molar-refractivity contribution in [3.05, 3.63) is 51.4 Å². The highest BCUT2D eigenvalue weighted by molar-refractivity contribution is 7.07. The fraction of sp³-hybridized carbons (Fsp3) is 0.250. The Hall–Kier alpha value is -0.900. The lowest BCUT2D eigenvalue weighted by Gasteiger charge is -2.15. The quantitative estimate of drug-likeness (QED) is 0.775. The third-order valence-corrected chi connectivity index (χ3v) is 3.23. The minimum Gasteiger partial charge on any atom is -0.298 e. The number of nitrogens with zero attached hydrogens (tertiary/aromatic N) is 2. The third kappa shape index (κ3) is 3.30. The van der Waals surface area contributed by atoms with Crippen LogP contribution in [-0.4, -0.2) is 16.9 Å². The first kappa shape index (κ1) is 11.6. The van der Waals surface area contributed by atoms with Crippen LogP contribution in [0.1, 0.15) is 11.1 Å². The van der Waals surface area contributed by atoms with Crippen LogP contribution in [-0.2, 0) is 13.1 Å². The zero-order valence-corrected chi connectivity index (χ0v) is 10.6. The third-order valence-electron chi connectivity index (χ3n) is 2.27. The van der Waals surface area contributed by atoms with Crippen molar-refractivity contribution in [3.8, 4) is 0 Å². The van der Waals surface area contributed by atoms with Crippen molar-refractivity contribution < 1.29 is 0 Å². The van der Waals surface area contributed by atoms with Crippen LogP contribution in [0.4, 0.5) is 0 Å². The number of pyridine rings is 1. The van der Waals surface area contributed by atoms with Gasteiger partial charge in [-0.05, 0) is 41.1 Å². The fourth-order valence-corrected chi connectivity index (χ4v) is 2.33. The topological polar surface area (TPSA) is 16.1 Å². The van der Waals surface area contributed by atoms with Crippen molar-refractivity contribution in [2.45, 2.75) is 13.1 Å². The zero-order valence-electron chi connectivity index (χ0n) is 9.06. The molecule has 2 nitrogen and oxygen atoms in total. The van der Waals surface area contributed by atoms with Gasteiger partial charge < -0.3 is 0 Å². The van der Waals surface area contributed by atoms with Crippen molar-refractivity contribution in [2.24, 2.45) is 0 Å². The first-order chi connectivity index (χ1) is 7.74. The van der Waals surface area contributed by atoms with Crippen LogP contribution >= 0.6 is 22.9 Å². The number of hydrogen-bond acceptors (Lipinski definition) is 3. The van der Waals surface area contributed by atoms with Crippen molar-refractivity contribution in [1.82, 2.24) is 9.88 Å². The van der Waals surface area contributed by atoms with Crippen molar-refractivity contribution in [1.29, 1.82) is 0 Å². The summed E-state index contributed by atoms with van der Waals surface area (Å²) in [6.45, 7) is 1.85. The molecule has 0 atom stereocenters. The second-order valence-corrected chi connectivity index (χ2v) is 4.96. The molecule has 0 saturated carbocycles. The van der Waals surface area contributed by atoms with Gasteiger partial charge in [-0.2, -0.15) is 11.3 Å². The van der Waals surface area contributed by atoms with Gasteiger partial charge in [0.2, 0.25) is 0 Å². The van der Waals surface area contributed by atoms with Gasteiger partial charge >= 0.3 is 0 Å². The van der Waals surface area contributed by atoms with Gasteiger partial charge in [-0.3, -0.25) is 4.90 Å². The Morgan fingerprint density at radius 3 is 2.69 bits per heavy atom. The molecule has 2 aromatic rings. The Morgan fingerprint density at radius 2 is 2.06 bits per heavy atom. The number of rotatable bonds is 4. The minimum atomic E-state index is 0.546. The normalized spacial score (nSPS) is 10.9. The van der Waals surface area contributed by atoms with Gasteiger partial charge in [0, 0.05) is 19.3 Å². The number of hydrogen-bond donors (Lipinski definition) is 0. The van der Waals surface area contributed by atoms with E-state index in [0.29, 0.717) is 5.15 Å². The van der Waals surface area contributed by atoms with E-state index in [1.165, 1.54) is 11.1 Å². The van der Waals surface area contributed by atoms with E-state index in [2.05, 4.69) is 33.8 Å². The molecule has 4 heteroatoms. The van der Waals surface area contributed by atoms with E-state index in [-0.39, 0.29) is 0 Å². The molecule has 0 aliphatic carbocycles. The molecule has 0 radical (unpaired) electrons. The molecule has 0 amide bonds. The summed E-state index contributed by atoms with van der Waals surface area (Å²) < 4.78 is 0. The van der Waals surface area contributed by atoms with Gasteiger partial charge in [-0.25, -0.2) is 4.98 Å². The average Bonchev–Trinajstić information content (AvgIpc) is 2.74. The summed E-state index contributed by atoms with van der Waals surface area (Å²) in [4.78, 5) is 6.33. The fourth-order valence-electron chi connectivity index (χ4n) is 1.56. The summed E-state index contributed by atoms with van der Waals surface area (Å²) in [6.07, 6.45) is 1.83. The predicted molar refractivity (Wildman–Crippen MR) is 68.7 cm³/mol. The summed E-state index contributed by atoms with van der Waals surface area (Å²) >= 11 is 7.47. The van der Waals surface area contributed by atoms with Gasteiger partial charge in [0.15, 0.2) is 0 Å². The zero-order chi connectivity index (χ0) is 11.4. The van der Waals surface area contributed by atoms with E-state index in [9.17, 15) is 0 Å². The summed E-state index contributed by atoms with van der Waals surface area (Å²) in [5.41, 5.74) is 2.54. The van der Waals surface area contributed by atoms with E-state index in [1.54, 1.807) is 11.3 Å². The predicted octanol–water partition coefficient (Wildman–Crippen LogP) is 3.43. The van der Waals surface area contributed by atoms with E-state index < -0.39 is 0 Å². The lowest BCUT2D eigenvalue weighted by molar-refractivity contribution is 0.319. The van der Waals surface area contributed by atoms with E-state index in [1.807, 2.05) is 18.3 Å². The maximum Gasteiger partial charge on any atom is 0.129 e. The number of aromatic nitrogens is 1. The van der Waals surface area contributed by atoms with E-state index in [0.717, 1.165) is 13.1 Å². The Bertz CT molecular complexity index is 425. The van der Waals surface area contributed by atoms with Crippen LogP contribution < -0.4 is 0 Å². The average molecular weight is 253 g/mol. The second kappa shape index (κ2) is 5.43. The van der Waals surface area contributed by atoms with Gasteiger partial charge in [0.25, 0.3) is 0 Å². The molecule has 2 heterocycles. The maximum absolute atomic E-state index is 5.74. The second-order valence-electron chi connectivity index (χ2n) is 3.79. The molecule has 2 rings (SSSR count). The van der Waals surface area contributed by atoms with E-state index in [4.69, 9.17) is 11.6 Å². The van der Waals surface area contributed by atoms with Crippen LogP contribution in [0.5, 0.6) is 0 Å². The largest absolute Gasteiger partial charge is 0.298 e. The summed E-state index contributed by atoms with van der Waals surface area (Å²) in [6, 6.07) is 6.00. The monoisotopic (exact) mass is 252 g/mol. The molecule has 0 aliphatic rings. The summed E-state index contributed by atoms with van der Waals surface area (Å²) in [5, 5.41) is 4.83. The lowest BCUT2D eigenvalue weighted by Crippen LogP contribution is -2.16. The van der Waals surface area contributed by atoms with Gasteiger partial charge in [0.05, 0.1) is 0 Å². The molecule has 0 fully saturated rings. The molecular weight excluding hydrogens is 240 g/mol. The van der Waals surface area contributed by atoms with Crippen LogP contribution in [0.2, 0.25) is 5.15 Å². The van der Waals surface area contributed by atoms with Crippen LogP contribution in [0.3, 0.4) is 0 Å². The van der Waals surface area contributed by atoms with Crippen molar-refractivity contribution in [2.75, 3.05) is 7.05 Å².